The number of halogens is 2. The second kappa shape index (κ2) is 17.4. The van der Waals surface area contributed by atoms with Crippen molar-refractivity contribution in [2.75, 3.05) is 0 Å². The predicted molar refractivity (Wildman–Crippen MR) is 239 cm³/mol. The summed E-state index contributed by atoms with van der Waals surface area (Å²) in [5, 5.41) is 13.8. The van der Waals surface area contributed by atoms with Gasteiger partial charge in [-0.3, -0.25) is 0 Å². The highest BCUT2D eigenvalue weighted by Gasteiger charge is 2.48. The topological polar surface area (TPSA) is 0 Å². The summed E-state index contributed by atoms with van der Waals surface area (Å²) in [5.74, 6) is 0. The van der Waals surface area contributed by atoms with Crippen molar-refractivity contribution in [2.45, 2.75) is 12.3 Å². The second-order valence-corrected chi connectivity index (χ2v) is 21.0. The minimum atomic E-state index is -2.18. The Balaban J connectivity index is 0.00000240. The van der Waals surface area contributed by atoms with Gasteiger partial charge in [0, 0.05) is 11.1 Å². The lowest BCUT2D eigenvalue weighted by atomic mass is 9.93. The van der Waals surface area contributed by atoms with E-state index in [1.807, 2.05) is 0 Å². The second-order valence-electron chi connectivity index (χ2n) is 14.0. The molecule has 0 saturated carbocycles. The Morgan fingerprint density at radius 1 is 0.214 bits per heavy atom. The van der Waals surface area contributed by atoms with E-state index in [0.717, 1.165) is 12.3 Å². The Bertz CT molecular complexity index is 2200. The average Bonchev–Trinajstić information content (AvgIpc) is 3.27. The van der Waals surface area contributed by atoms with E-state index in [1.165, 1.54) is 64.5 Å². The smallest absolute Gasteiger partial charge is 0.116 e. The highest BCUT2D eigenvalue weighted by atomic mass is 35.5. The van der Waals surface area contributed by atoms with E-state index in [2.05, 4.69) is 231 Å². The maximum absolute atomic E-state index is 2.39. The van der Waals surface area contributed by atoms with E-state index in [4.69, 9.17) is 0 Å². The molecule has 0 radical (unpaired) electrons. The lowest BCUT2D eigenvalue weighted by Crippen LogP contribution is -3.00. The average molecular weight is 800 g/mol. The first-order chi connectivity index (χ1) is 26.8. The molecule has 0 nitrogen and oxygen atoms in total. The van der Waals surface area contributed by atoms with Crippen LogP contribution in [0.25, 0.3) is 21.5 Å². The molecule has 0 spiro atoms. The van der Waals surface area contributed by atoms with Crippen LogP contribution in [-0.2, 0) is 12.3 Å². The monoisotopic (exact) mass is 798 g/mol. The first kappa shape index (κ1) is 39.2. The molecule has 0 atom stereocenters. The van der Waals surface area contributed by atoms with Crippen LogP contribution in [0.1, 0.15) is 11.1 Å². The molecule has 0 aliphatic heterocycles. The van der Waals surface area contributed by atoms with Gasteiger partial charge in [-0.25, -0.2) is 0 Å². The minimum absolute atomic E-state index is 0. The van der Waals surface area contributed by atoms with Gasteiger partial charge in [0.15, 0.2) is 0 Å². The molecular formula is C52H42Cl2P2. The third kappa shape index (κ3) is 6.98. The van der Waals surface area contributed by atoms with Crippen molar-refractivity contribution >= 4 is 67.9 Å². The van der Waals surface area contributed by atoms with E-state index < -0.39 is 14.5 Å². The largest absolute Gasteiger partial charge is 1.00 e. The number of benzene rings is 9. The first-order valence-electron chi connectivity index (χ1n) is 18.8. The summed E-state index contributed by atoms with van der Waals surface area (Å²) in [7, 11) is -4.35. The fourth-order valence-electron chi connectivity index (χ4n) is 8.66. The lowest BCUT2D eigenvalue weighted by molar-refractivity contribution is -0.001000. The van der Waals surface area contributed by atoms with Gasteiger partial charge in [-0.1, -0.05) is 158 Å². The molecule has 9 aromatic rings. The van der Waals surface area contributed by atoms with Crippen molar-refractivity contribution in [3.63, 3.8) is 0 Å². The molecule has 0 N–H and O–H groups in total. The first-order valence-corrected chi connectivity index (χ1v) is 22.7. The van der Waals surface area contributed by atoms with Crippen molar-refractivity contribution < 1.29 is 24.8 Å². The Morgan fingerprint density at radius 2 is 0.375 bits per heavy atom. The van der Waals surface area contributed by atoms with E-state index in [1.54, 1.807) is 0 Å². The van der Waals surface area contributed by atoms with Gasteiger partial charge in [0.2, 0.25) is 0 Å². The summed E-state index contributed by atoms with van der Waals surface area (Å²) >= 11 is 0. The van der Waals surface area contributed by atoms with Crippen LogP contribution in [0.3, 0.4) is 0 Å². The van der Waals surface area contributed by atoms with Crippen LogP contribution < -0.4 is 56.6 Å². The summed E-state index contributed by atoms with van der Waals surface area (Å²) in [5.41, 5.74) is 2.86. The van der Waals surface area contributed by atoms with Gasteiger partial charge in [0.1, 0.15) is 46.4 Å². The predicted octanol–water partition coefficient (Wildman–Crippen LogP) is 4.99. The molecule has 0 unspecified atom stereocenters. The van der Waals surface area contributed by atoms with Crippen LogP contribution in [0.4, 0.5) is 0 Å². The molecule has 0 fully saturated rings. The zero-order valence-electron chi connectivity index (χ0n) is 31.0. The molecule has 0 amide bonds. The summed E-state index contributed by atoms with van der Waals surface area (Å²) in [6, 6.07) is 86.4. The Kier molecular flexibility index (Phi) is 12.2. The van der Waals surface area contributed by atoms with E-state index in [-0.39, 0.29) is 24.8 Å². The van der Waals surface area contributed by atoms with Crippen LogP contribution in [0, 0.1) is 0 Å². The number of hydrogen-bond donors (Lipinski definition) is 0. The van der Waals surface area contributed by atoms with Crippen molar-refractivity contribution in [3.05, 3.63) is 242 Å². The fraction of sp³-hybridized carbons (Fsp3) is 0.0385. The number of fused-ring (bicyclic) bond motifs is 2. The van der Waals surface area contributed by atoms with Crippen LogP contribution in [0.15, 0.2) is 231 Å². The van der Waals surface area contributed by atoms with Gasteiger partial charge in [-0.05, 0) is 94.3 Å². The van der Waals surface area contributed by atoms with Crippen molar-refractivity contribution in [2.24, 2.45) is 0 Å². The highest BCUT2D eigenvalue weighted by Crippen LogP contribution is 2.62. The Hall–Kier alpha value is -5.06. The van der Waals surface area contributed by atoms with Gasteiger partial charge < -0.3 is 24.8 Å². The zero-order chi connectivity index (χ0) is 36.2. The van der Waals surface area contributed by atoms with Crippen molar-refractivity contribution in [1.29, 1.82) is 0 Å². The summed E-state index contributed by atoms with van der Waals surface area (Å²) in [6.07, 6.45) is 1.84. The standard InChI is InChI=1S/C52H42P2.2ClH/c1-7-23-41(24-8-1)53(42-25-9-2-10-26-42,43-27-11-3-12-28-43)39-51-47-35-19-21-37-49(47)52(50-38-22-20-36-48(50)51)40-54(44-29-13-4-14-30-44,45-31-15-5-16-32-45)46-33-17-6-18-34-46;;/h1-38H,39-40H2;2*1H/q+2;;/p-2. The molecule has 4 heteroatoms. The summed E-state index contributed by atoms with van der Waals surface area (Å²) < 4.78 is 0. The molecule has 9 rings (SSSR count). The zero-order valence-corrected chi connectivity index (χ0v) is 34.3. The van der Waals surface area contributed by atoms with Crippen LogP contribution >= 0.6 is 14.5 Å². The molecule has 0 heterocycles. The third-order valence-corrected chi connectivity index (χ3v) is 19.8. The summed E-state index contributed by atoms with van der Waals surface area (Å²) in [6.45, 7) is 0. The van der Waals surface area contributed by atoms with Crippen LogP contribution in [0.2, 0.25) is 0 Å². The summed E-state index contributed by atoms with van der Waals surface area (Å²) in [4.78, 5) is 0. The van der Waals surface area contributed by atoms with E-state index in [9.17, 15) is 0 Å². The number of rotatable bonds is 10. The van der Waals surface area contributed by atoms with Gasteiger partial charge in [-0.15, -0.1) is 0 Å². The maximum atomic E-state index is 2.39. The van der Waals surface area contributed by atoms with Gasteiger partial charge in [-0.2, -0.15) is 0 Å². The Morgan fingerprint density at radius 3 is 0.554 bits per heavy atom. The molecule has 0 aliphatic carbocycles. The van der Waals surface area contributed by atoms with Gasteiger partial charge in [0.25, 0.3) is 0 Å². The van der Waals surface area contributed by atoms with E-state index in [0.29, 0.717) is 0 Å². The molecule has 0 aromatic heterocycles. The van der Waals surface area contributed by atoms with Gasteiger partial charge >= 0.3 is 0 Å². The molecule has 274 valence electrons. The quantitative estimate of drug-likeness (QED) is 0.135. The molecule has 0 bridgehead atoms. The number of hydrogen-bond acceptors (Lipinski definition) is 0. The highest BCUT2D eigenvalue weighted by molar-refractivity contribution is 7.95. The van der Waals surface area contributed by atoms with Crippen molar-refractivity contribution in [3.8, 4) is 0 Å². The molecule has 0 saturated heterocycles. The minimum Gasteiger partial charge on any atom is -1.00 e. The third-order valence-electron chi connectivity index (χ3n) is 11.1. The lowest BCUT2D eigenvalue weighted by Gasteiger charge is -2.31. The van der Waals surface area contributed by atoms with Crippen molar-refractivity contribution in [1.82, 2.24) is 0 Å². The van der Waals surface area contributed by atoms with E-state index >= 15 is 0 Å². The van der Waals surface area contributed by atoms with Gasteiger partial charge in [0.05, 0.1) is 12.3 Å². The van der Waals surface area contributed by atoms with Crippen LogP contribution in [0.5, 0.6) is 0 Å². The molecule has 0 aliphatic rings. The molecule has 9 aromatic carbocycles. The SMILES string of the molecule is [Cl-].[Cl-].c1ccc([P+](Cc2c3ccccc3c(C[P+](c3ccccc3)(c3ccccc3)c3ccccc3)c3ccccc23)(c2ccccc2)c2ccccc2)cc1. The van der Waals surface area contributed by atoms with Crippen LogP contribution in [-0.4, -0.2) is 0 Å². The molecular weight excluding hydrogens is 757 g/mol. The molecule has 56 heavy (non-hydrogen) atoms. The normalized spacial score (nSPS) is 11.4. The Labute approximate surface area is 344 Å². The fourth-order valence-corrected chi connectivity index (χ4v) is 17.3. The maximum Gasteiger partial charge on any atom is 0.116 e.